The molecule has 2 rings (SSSR count). The van der Waals surface area contributed by atoms with Crippen LogP contribution >= 0.6 is 11.6 Å². The number of fused-ring (bicyclic) bond motifs is 1. The molecule has 2 aromatic rings. The second kappa shape index (κ2) is 4.72. The summed E-state index contributed by atoms with van der Waals surface area (Å²) in [4.78, 5) is 8.24. The summed E-state index contributed by atoms with van der Waals surface area (Å²) >= 11 is 6.10. The summed E-state index contributed by atoms with van der Waals surface area (Å²) in [6.45, 7) is 9.39. The number of anilines is 1. The van der Waals surface area contributed by atoms with Gasteiger partial charge in [-0.2, -0.15) is 19.6 Å². The fourth-order valence-corrected chi connectivity index (χ4v) is 1.72. The van der Waals surface area contributed by atoms with Gasteiger partial charge in [-0.05, 0) is 18.8 Å². The molecule has 0 spiro atoms. The Morgan fingerprint density at radius 3 is 2.83 bits per heavy atom. The number of nitrogens with one attached hydrogen (secondary N) is 1. The van der Waals surface area contributed by atoms with Crippen LogP contribution in [0.2, 0.25) is 5.15 Å². The van der Waals surface area contributed by atoms with Gasteiger partial charge in [0.1, 0.15) is 17.3 Å². The molecule has 1 N–H and O–H groups in total. The van der Waals surface area contributed by atoms with Crippen LogP contribution in [-0.4, -0.2) is 26.1 Å². The van der Waals surface area contributed by atoms with Crippen molar-refractivity contribution >= 4 is 23.2 Å². The molecule has 18 heavy (non-hydrogen) atoms. The van der Waals surface area contributed by atoms with E-state index >= 15 is 0 Å². The minimum Gasteiger partial charge on any atom is -0.369 e. The maximum Gasteiger partial charge on any atom is 0.255 e. The van der Waals surface area contributed by atoms with Crippen molar-refractivity contribution in [2.24, 2.45) is 5.41 Å². The van der Waals surface area contributed by atoms with E-state index in [0.717, 1.165) is 24.3 Å². The van der Waals surface area contributed by atoms with Crippen LogP contribution in [0.25, 0.3) is 5.78 Å². The van der Waals surface area contributed by atoms with Gasteiger partial charge in [-0.25, -0.2) is 0 Å². The van der Waals surface area contributed by atoms with Crippen LogP contribution in [0.4, 0.5) is 5.82 Å². The minimum atomic E-state index is 0.217. The number of rotatable bonds is 4. The number of aromatic nitrogens is 4. The van der Waals surface area contributed by atoms with E-state index in [1.807, 2.05) is 6.92 Å². The molecule has 0 atom stereocenters. The normalized spacial score (nSPS) is 12.1. The van der Waals surface area contributed by atoms with Gasteiger partial charge in [-0.15, -0.1) is 0 Å². The van der Waals surface area contributed by atoms with Gasteiger partial charge >= 0.3 is 0 Å². The Balaban J connectivity index is 2.37. The first-order valence-corrected chi connectivity index (χ1v) is 6.42. The van der Waals surface area contributed by atoms with Crippen LogP contribution in [0, 0.1) is 12.3 Å². The predicted molar refractivity (Wildman–Crippen MR) is 73.1 cm³/mol. The van der Waals surface area contributed by atoms with E-state index in [2.05, 4.69) is 41.2 Å². The molecular weight excluding hydrogens is 250 g/mol. The quantitative estimate of drug-likeness (QED) is 0.866. The SMILES string of the molecule is CCC(C)(C)CNc1c(C)c(Cl)nc2ncnn12. The highest BCUT2D eigenvalue weighted by molar-refractivity contribution is 6.30. The highest BCUT2D eigenvalue weighted by Crippen LogP contribution is 2.25. The molecule has 0 fully saturated rings. The topological polar surface area (TPSA) is 55.1 Å². The van der Waals surface area contributed by atoms with Gasteiger partial charge in [0.25, 0.3) is 5.78 Å². The first-order valence-electron chi connectivity index (χ1n) is 6.04. The lowest BCUT2D eigenvalue weighted by Gasteiger charge is -2.24. The highest BCUT2D eigenvalue weighted by Gasteiger charge is 2.18. The van der Waals surface area contributed by atoms with Gasteiger partial charge in [0.2, 0.25) is 0 Å². The Morgan fingerprint density at radius 2 is 2.17 bits per heavy atom. The molecule has 0 radical (unpaired) electrons. The summed E-state index contributed by atoms with van der Waals surface area (Å²) in [6.07, 6.45) is 2.58. The lowest BCUT2D eigenvalue weighted by molar-refractivity contribution is 0.376. The first kappa shape index (κ1) is 13.1. The number of halogens is 1. The van der Waals surface area contributed by atoms with Crippen molar-refractivity contribution in [1.82, 2.24) is 19.6 Å². The summed E-state index contributed by atoms with van der Waals surface area (Å²) < 4.78 is 1.69. The Hall–Kier alpha value is -1.36. The van der Waals surface area contributed by atoms with Crippen LogP contribution in [0.5, 0.6) is 0 Å². The fraction of sp³-hybridized carbons (Fsp3) is 0.583. The van der Waals surface area contributed by atoms with Gasteiger partial charge in [-0.1, -0.05) is 32.4 Å². The zero-order chi connectivity index (χ0) is 13.3. The zero-order valence-corrected chi connectivity index (χ0v) is 11.9. The molecule has 0 aromatic carbocycles. The third-order valence-corrected chi connectivity index (χ3v) is 3.66. The van der Waals surface area contributed by atoms with Crippen molar-refractivity contribution in [1.29, 1.82) is 0 Å². The van der Waals surface area contributed by atoms with Crippen molar-refractivity contribution in [2.75, 3.05) is 11.9 Å². The van der Waals surface area contributed by atoms with E-state index in [1.165, 1.54) is 6.33 Å². The fourth-order valence-electron chi connectivity index (χ4n) is 1.55. The Morgan fingerprint density at radius 1 is 1.44 bits per heavy atom. The number of nitrogens with zero attached hydrogens (tertiary/aromatic N) is 4. The molecule has 0 aliphatic rings. The molecule has 0 saturated heterocycles. The molecule has 2 aromatic heterocycles. The average Bonchev–Trinajstić information content (AvgIpc) is 2.77. The summed E-state index contributed by atoms with van der Waals surface area (Å²) in [5.41, 5.74) is 1.11. The van der Waals surface area contributed by atoms with Crippen molar-refractivity contribution < 1.29 is 0 Å². The van der Waals surface area contributed by atoms with E-state index in [9.17, 15) is 0 Å². The van der Waals surface area contributed by atoms with Crippen molar-refractivity contribution in [3.8, 4) is 0 Å². The molecule has 2 heterocycles. The molecule has 0 bridgehead atoms. The Bertz CT molecular complexity index is 561. The van der Waals surface area contributed by atoms with Crippen molar-refractivity contribution in [3.63, 3.8) is 0 Å². The second-order valence-corrected chi connectivity index (χ2v) is 5.58. The zero-order valence-electron chi connectivity index (χ0n) is 11.2. The minimum absolute atomic E-state index is 0.217. The maximum atomic E-state index is 6.10. The first-order chi connectivity index (χ1) is 8.44. The number of hydrogen-bond donors (Lipinski definition) is 1. The largest absolute Gasteiger partial charge is 0.369 e. The van der Waals surface area contributed by atoms with Gasteiger partial charge in [-0.3, -0.25) is 0 Å². The van der Waals surface area contributed by atoms with Gasteiger partial charge in [0, 0.05) is 12.1 Å². The molecule has 0 unspecified atom stereocenters. The summed E-state index contributed by atoms with van der Waals surface area (Å²) in [6, 6.07) is 0. The van der Waals surface area contributed by atoms with Crippen LogP contribution in [0.15, 0.2) is 6.33 Å². The molecule has 0 amide bonds. The average molecular weight is 268 g/mol. The standard InChI is InChI=1S/C12H18ClN5/c1-5-12(3,4)6-14-10-8(2)9(13)17-11-15-7-16-18(10)11/h7,14H,5-6H2,1-4H3. The second-order valence-electron chi connectivity index (χ2n) is 5.22. The Labute approximate surface area is 112 Å². The van der Waals surface area contributed by atoms with Crippen molar-refractivity contribution in [3.05, 3.63) is 17.0 Å². The predicted octanol–water partition coefficient (Wildman–Crippen LogP) is 2.93. The third-order valence-electron chi connectivity index (χ3n) is 3.30. The smallest absolute Gasteiger partial charge is 0.255 e. The molecular formula is C12H18ClN5. The van der Waals surface area contributed by atoms with Gasteiger partial charge in [0.05, 0.1) is 0 Å². The highest BCUT2D eigenvalue weighted by atomic mass is 35.5. The monoisotopic (exact) mass is 267 g/mol. The van der Waals surface area contributed by atoms with Crippen LogP contribution in [-0.2, 0) is 0 Å². The lowest BCUT2D eigenvalue weighted by atomic mass is 9.90. The van der Waals surface area contributed by atoms with E-state index in [-0.39, 0.29) is 5.41 Å². The van der Waals surface area contributed by atoms with Crippen LogP contribution < -0.4 is 5.32 Å². The lowest BCUT2D eigenvalue weighted by Crippen LogP contribution is -2.23. The van der Waals surface area contributed by atoms with E-state index in [4.69, 9.17) is 11.6 Å². The van der Waals surface area contributed by atoms with Gasteiger partial charge in [0.15, 0.2) is 0 Å². The number of hydrogen-bond acceptors (Lipinski definition) is 4. The van der Waals surface area contributed by atoms with Gasteiger partial charge < -0.3 is 5.32 Å². The van der Waals surface area contributed by atoms with E-state index in [1.54, 1.807) is 4.52 Å². The summed E-state index contributed by atoms with van der Waals surface area (Å²) in [5.74, 6) is 1.38. The van der Waals surface area contributed by atoms with Crippen LogP contribution in [0.1, 0.15) is 32.8 Å². The molecule has 5 nitrogen and oxygen atoms in total. The summed E-state index contributed by atoms with van der Waals surface area (Å²) in [7, 11) is 0. The molecule has 98 valence electrons. The van der Waals surface area contributed by atoms with Crippen LogP contribution in [0.3, 0.4) is 0 Å². The van der Waals surface area contributed by atoms with E-state index < -0.39 is 0 Å². The molecule has 6 heteroatoms. The van der Waals surface area contributed by atoms with E-state index in [0.29, 0.717) is 10.9 Å². The van der Waals surface area contributed by atoms with Crippen molar-refractivity contribution in [2.45, 2.75) is 34.1 Å². The third kappa shape index (κ3) is 2.41. The maximum absolute atomic E-state index is 6.10. The summed E-state index contributed by atoms with van der Waals surface area (Å²) in [5, 5.41) is 8.04. The Kier molecular flexibility index (Phi) is 3.43. The molecule has 0 saturated carbocycles. The molecule has 0 aliphatic carbocycles. The molecule has 0 aliphatic heterocycles.